The third-order valence-corrected chi connectivity index (χ3v) is 4.08. The van der Waals surface area contributed by atoms with E-state index < -0.39 is 5.97 Å². The number of carbonyl (C=O) groups is 1. The van der Waals surface area contributed by atoms with Gasteiger partial charge in [-0.1, -0.05) is 26.0 Å². The molecule has 3 rings (SSSR count). The monoisotopic (exact) mass is 332 g/mol. The number of aliphatic imine (C=N–C) groups is 1. The minimum Gasteiger partial charge on any atom is -0.478 e. The lowest BCUT2D eigenvalue weighted by atomic mass is 10.0. The van der Waals surface area contributed by atoms with E-state index in [1.54, 1.807) is 24.3 Å². The van der Waals surface area contributed by atoms with E-state index in [2.05, 4.69) is 31.0 Å². The van der Waals surface area contributed by atoms with E-state index in [-0.39, 0.29) is 5.56 Å². The highest BCUT2D eigenvalue weighted by Crippen LogP contribution is 2.19. The molecule has 0 saturated heterocycles. The smallest absolute Gasteiger partial charge is 0.335 e. The lowest BCUT2D eigenvalue weighted by Gasteiger charge is -2.07. The summed E-state index contributed by atoms with van der Waals surface area (Å²) in [6, 6.07) is 18.9. The Hall–Kier alpha value is -3.14. The van der Waals surface area contributed by atoms with Crippen LogP contribution in [0.1, 0.15) is 41.4 Å². The maximum Gasteiger partial charge on any atom is 0.335 e. The number of rotatable bonds is 5. The van der Waals surface area contributed by atoms with Gasteiger partial charge in [-0.25, -0.2) is 4.79 Å². The number of aromatic nitrogens is 1. The summed E-state index contributed by atoms with van der Waals surface area (Å²) in [5, 5.41) is 9.00. The number of hydrogen-bond acceptors (Lipinski definition) is 2. The van der Waals surface area contributed by atoms with Gasteiger partial charge in [0.25, 0.3) is 0 Å². The van der Waals surface area contributed by atoms with Crippen LogP contribution in [0.5, 0.6) is 0 Å². The Morgan fingerprint density at radius 3 is 2.32 bits per heavy atom. The van der Waals surface area contributed by atoms with Gasteiger partial charge in [-0.3, -0.25) is 4.99 Å². The molecular formula is C21H20N2O2. The predicted octanol–water partition coefficient (Wildman–Crippen LogP) is 5.05. The molecule has 2 aromatic carbocycles. The van der Waals surface area contributed by atoms with Crippen LogP contribution in [0.15, 0.2) is 71.9 Å². The Morgan fingerprint density at radius 1 is 1.04 bits per heavy atom. The van der Waals surface area contributed by atoms with Gasteiger partial charge < -0.3 is 9.67 Å². The zero-order valence-corrected chi connectivity index (χ0v) is 14.3. The summed E-state index contributed by atoms with van der Waals surface area (Å²) in [4.78, 5) is 15.5. The fourth-order valence-electron chi connectivity index (χ4n) is 2.58. The molecule has 0 atom stereocenters. The Bertz CT molecular complexity index is 888. The molecule has 0 spiro atoms. The zero-order valence-electron chi connectivity index (χ0n) is 14.3. The molecule has 25 heavy (non-hydrogen) atoms. The Balaban J connectivity index is 1.82. The highest BCUT2D eigenvalue weighted by Gasteiger charge is 2.05. The Kier molecular flexibility index (Phi) is 4.80. The van der Waals surface area contributed by atoms with E-state index >= 15 is 0 Å². The van der Waals surface area contributed by atoms with E-state index in [1.807, 2.05) is 41.2 Å². The van der Waals surface area contributed by atoms with Crippen molar-refractivity contribution < 1.29 is 9.90 Å². The molecule has 0 fully saturated rings. The highest BCUT2D eigenvalue weighted by atomic mass is 16.4. The highest BCUT2D eigenvalue weighted by molar-refractivity contribution is 5.88. The van der Waals surface area contributed by atoms with Crippen LogP contribution in [-0.4, -0.2) is 21.9 Å². The van der Waals surface area contributed by atoms with Crippen LogP contribution in [-0.2, 0) is 0 Å². The van der Waals surface area contributed by atoms with Crippen molar-refractivity contribution in [3.63, 3.8) is 0 Å². The summed E-state index contributed by atoms with van der Waals surface area (Å²) in [6.07, 6.45) is 3.74. The number of carboxylic acids is 1. The zero-order chi connectivity index (χ0) is 17.8. The predicted molar refractivity (Wildman–Crippen MR) is 101 cm³/mol. The maximum absolute atomic E-state index is 11.0. The molecule has 1 heterocycles. The Morgan fingerprint density at radius 2 is 1.72 bits per heavy atom. The van der Waals surface area contributed by atoms with Crippen molar-refractivity contribution in [2.24, 2.45) is 4.99 Å². The lowest BCUT2D eigenvalue weighted by molar-refractivity contribution is 0.0697. The van der Waals surface area contributed by atoms with Crippen LogP contribution in [0.4, 0.5) is 5.69 Å². The summed E-state index contributed by atoms with van der Waals surface area (Å²) in [6.45, 7) is 4.33. The fraction of sp³-hybridized carbons (Fsp3) is 0.143. The van der Waals surface area contributed by atoms with Crippen molar-refractivity contribution >= 4 is 17.9 Å². The van der Waals surface area contributed by atoms with E-state index in [0.717, 1.165) is 17.1 Å². The largest absolute Gasteiger partial charge is 0.478 e. The number of carboxylic acid groups (broad SMARTS) is 1. The molecule has 0 aliphatic rings. The van der Waals surface area contributed by atoms with Crippen LogP contribution in [0.2, 0.25) is 0 Å². The average Bonchev–Trinajstić information content (AvgIpc) is 3.09. The molecule has 0 aliphatic carbocycles. The molecule has 4 heteroatoms. The third-order valence-electron chi connectivity index (χ3n) is 4.08. The first-order valence-electron chi connectivity index (χ1n) is 8.20. The van der Waals surface area contributed by atoms with Gasteiger partial charge in [0.2, 0.25) is 0 Å². The van der Waals surface area contributed by atoms with E-state index in [1.165, 1.54) is 5.56 Å². The van der Waals surface area contributed by atoms with Crippen molar-refractivity contribution in [1.29, 1.82) is 0 Å². The van der Waals surface area contributed by atoms with Gasteiger partial charge in [-0.05, 0) is 60.0 Å². The summed E-state index contributed by atoms with van der Waals surface area (Å²) in [5.74, 6) is -0.422. The van der Waals surface area contributed by atoms with E-state index in [4.69, 9.17) is 5.11 Å². The second-order valence-electron chi connectivity index (χ2n) is 6.16. The summed E-state index contributed by atoms with van der Waals surface area (Å²) in [5.41, 5.74) is 4.29. The minimum absolute atomic E-state index is 0.274. The van der Waals surface area contributed by atoms with Crippen molar-refractivity contribution in [2.45, 2.75) is 19.8 Å². The van der Waals surface area contributed by atoms with Gasteiger partial charge in [0.05, 0.1) is 23.2 Å². The number of hydrogen-bond donors (Lipinski definition) is 1. The number of benzene rings is 2. The standard InChI is InChI=1S/C21H20N2O2/c1-15(2)16-5-9-18(10-6-16)22-14-20-4-3-13-23(20)19-11-7-17(8-12-19)21(24)25/h3-15H,1-2H3,(H,24,25). The first-order chi connectivity index (χ1) is 12.0. The van der Waals surface area contributed by atoms with Gasteiger partial charge in [0.15, 0.2) is 0 Å². The van der Waals surface area contributed by atoms with Gasteiger partial charge in [-0.2, -0.15) is 0 Å². The normalized spacial score (nSPS) is 11.3. The third kappa shape index (κ3) is 3.86. The SMILES string of the molecule is CC(C)c1ccc(N=Cc2cccn2-c2ccc(C(=O)O)cc2)cc1. The van der Waals surface area contributed by atoms with Gasteiger partial charge in [0, 0.05) is 11.9 Å². The molecule has 126 valence electrons. The molecule has 1 N–H and O–H groups in total. The van der Waals surface area contributed by atoms with Gasteiger partial charge >= 0.3 is 5.97 Å². The molecule has 0 aliphatic heterocycles. The van der Waals surface area contributed by atoms with E-state index in [9.17, 15) is 4.79 Å². The van der Waals surface area contributed by atoms with Gasteiger partial charge in [-0.15, -0.1) is 0 Å². The molecular weight excluding hydrogens is 312 g/mol. The molecule has 4 nitrogen and oxygen atoms in total. The topological polar surface area (TPSA) is 54.6 Å². The Labute approximate surface area is 147 Å². The van der Waals surface area contributed by atoms with Gasteiger partial charge in [0.1, 0.15) is 0 Å². The van der Waals surface area contributed by atoms with Crippen LogP contribution in [0, 0.1) is 0 Å². The van der Waals surface area contributed by atoms with Crippen LogP contribution >= 0.6 is 0 Å². The maximum atomic E-state index is 11.0. The number of aromatic carboxylic acids is 1. The second kappa shape index (κ2) is 7.18. The lowest BCUT2D eigenvalue weighted by Crippen LogP contribution is -2.00. The van der Waals surface area contributed by atoms with Crippen molar-refractivity contribution in [3.8, 4) is 5.69 Å². The van der Waals surface area contributed by atoms with Crippen molar-refractivity contribution in [3.05, 3.63) is 83.7 Å². The summed E-state index contributed by atoms with van der Waals surface area (Å²) < 4.78 is 1.97. The first kappa shape index (κ1) is 16.7. The molecule has 3 aromatic rings. The van der Waals surface area contributed by atoms with Crippen LogP contribution < -0.4 is 0 Å². The van der Waals surface area contributed by atoms with Crippen molar-refractivity contribution in [1.82, 2.24) is 4.57 Å². The summed E-state index contributed by atoms with van der Waals surface area (Å²) >= 11 is 0. The average molecular weight is 332 g/mol. The molecule has 0 radical (unpaired) electrons. The molecule has 1 aromatic heterocycles. The molecule has 0 bridgehead atoms. The van der Waals surface area contributed by atoms with Crippen LogP contribution in [0.25, 0.3) is 5.69 Å². The molecule has 0 unspecified atom stereocenters. The molecule has 0 saturated carbocycles. The fourth-order valence-corrected chi connectivity index (χ4v) is 2.58. The summed E-state index contributed by atoms with van der Waals surface area (Å²) in [7, 11) is 0. The number of nitrogens with zero attached hydrogens (tertiary/aromatic N) is 2. The van der Waals surface area contributed by atoms with E-state index in [0.29, 0.717) is 5.92 Å². The quantitative estimate of drug-likeness (QED) is 0.665. The second-order valence-corrected chi connectivity index (χ2v) is 6.16. The van der Waals surface area contributed by atoms with Crippen LogP contribution in [0.3, 0.4) is 0 Å². The molecule has 0 amide bonds. The van der Waals surface area contributed by atoms with Crippen molar-refractivity contribution in [2.75, 3.05) is 0 Å². The minimum atomic E-state index is -0.925. The first-order valence-corrected chi connectivity index (χ1v) is 8.20.